The summed E-state index contributed by atoms with van der Waals surface area (Å²) in [6.45, 7) is 10.4. The molecular formula is C16H24N2O3S. The van der Waals surface area contributed by atoms with Crippen LogP contribution in [0.15, 0.2) is 0 Å². The molecule has 0 bridgehead atoms. The maximum absolute atomic E-state index is 12.2. The first kappa shape index (κ1) is 16.9. The molecule has 1 atom stereocenters. The van der Waals surface area contributed by atoms with E-state index in [1.165, 1.54) is 4.88 Å². The highest BCUT2D eigenvalue weighted by Gasteiger charge is 2.32. The number of aromatic nitrogens is 1. The number of ketones is 1. The molecule has 1 aliphatic rings. The van der Waals surface area contributed by atoms with Gasteiger partial charge in [0, 0.05) is 36.7 Å². The number of Topliss-reactive ketones (excluding diaryl/α,β-unsaturated/α-hetero) is 1. The van der Waals surface area contributed by atoms with Gasteiger partial charge in [-0.2, -0.15) is 0 Å². The van der Waals surface area contributed by atoms with Crippen LogP contribution in [0.4, 0.5) is 4.79 Å². The molecule has 122 valence electrons. The zero-order valence-electron chi connectivity index (χ0n) is 13.9. The zero-order valence-corrected chi connectivity index (χ0v) is 14.7. The van der Waals surface area contributed by atoms with Crippen molar-refractivity contribution in [1.29, 1.82) is 0 Å². The first-order chi connectivity index (χ1) is 10.2. The Morgan fingerprint density at radius 3 is 2.64 bits per heavy atom. The molecule has 0 spiro atoms. The molecule has 1 amide bonds. The largest absolute Gasteiger partial charge is 0.444 e. The van der Waals surface area contributed by atoms with E-state index in [4.69, 9.17) is 4.74 Å². The van der Waals surface area contributed by atoms with Crippen molar-refractivity contribution in [3.63, 3.8) is 0 Å². The predicted octanol–water partition coefficient (Wildman–Crippen LogP) is 3.13. The molecule has 1 saturated heterocycles. The van der Waals surface area contributed by atoms with E-state index in [-0.39, 0.29) is 17.8 Å². The van der Waals surface area contributed by atoms with Crippen LogP contribution in [0, 0.1) is 19.8 Å². The van der Waals surface area contributed by atoms with Crippen LogP contribution in [-0.2, 0) is 16.0 Å². The molecule has 0 aromatic carbocycles. The number of nitrogens with zero attached hydrogens (tertiary/aromatic N) is 2. The third-order valence-electron chi connectivity index (χ3n) is 3.67. The number of likely N-dealkylation sites (tertiary alicyclic amines) is 1. The van der Waals surface area contributed by atoms with Gasteiger partial charge in [-0.1, -0.05) is 0 Å². The molecule has 5 nitrogen and oxygen atoms in total. The fraction of sp³-hybridized carbons (Fsp3) is 0.688. The quantitative estimate of drug-likeness (QED) is 0.838. The van der Waals surface area contributed by atoms with Gasteiger partial charge >= 0.3 is 6.09 Å². The number of amides is 1. The smallest absolute Gasteiger partial charge is 0.410 e. The Kier molecular flexibility index (Phi) is 4.90. The summed E-state index contributed by atoms with van der Waals surface area (Å²) < 4.78 is 5.40. The third-order valence-corrected chi connectivity index (χ3v) is 4.76. The number of piperidine rings is 1. The predicted molar refractivity (Wildman–Crippen MR) is 86.2 cm³/mol. The minimum absolute atomic E-state index is 0.175. The lowest BCUT2D eigenvalue weighted by Crippen LogP contribution is -2.46. The fourth-order valence-corrected chi connectivity index (χ4v) is 3.43. The van der Waals surface area contributed by atoms with Crippen LogP contribution in [0.5, 0.6) is 0 Å². The van der Waals surface area contributed by atoms with E-state index < -0.39 is 5.60 Å². The van der Waals surface area contributed by atoms with Crippen LogP contribution in [-0.4, -0.2) is 40.5 Å². The molecule has 0 N–H and O–H groups in total. The molecule has 1 aliphatic heterocycles. The molecular weight excluding hydrogens is 300 g/mol. The molecule has 0 aliphatic carbocycles. The Morgan fingerprint density at radius 2 is 2.09 bits per heavy atom. The Morgan fingerprint density at radius 1 is 1.41 bits per heavy atom. The van der Waals surface area contributed by atoms with E-state index in [1.54, 1.807) is 16.2 Å². The van der Waals surface area contributed by atoms with Crippen LogP contribution in [0.1, 0.15) is 42.8 Å². The third kappa shape index (κ3) is 4.29. The van der Waals surface area contributed by atoms with Crippen LogP contribution in [0.25, 0.3) is 0 Å². The van der Waals surface area contributed by atoms with Gasteiger partial charge in [-0.05, 0) is 34.6 Å². The maximum atomic E-state index is 12.2. The summed E-state index contributed by atoms with van der Waals surface area (Å²) in [7, 11) is 0. The van der Waals surface area contributed by atoms with E-state index in [0.717, 1.165) is 10.7 Å². The topological polar surface area (TPSA) is 59.5 Å². The molecule has 2 heterocycles. The number of rotatable bonds is 2. The van der Waals surface area contributed by atoms with Gasteiger partial charge in [0.2, 0.25) is 0 Å². The highest BCUT2D eigenvalue weighted by molar-refractivity contribution is 7.11. The van der Waals surface area contributed by atoms with Gasteiger partial charge in [0.1, 0.15) is 11.4 Å². The molecule has 22 heavy (non-hydrogen) atoms. The van der Waals surface area contributed by atoms with E-state index in [9.17, 15) is 9.59 Å². The van der Waals surface area contributed by atoms with Crippen molar-refractivity contribution in [3.8, 4) is 0 Å². The van der Waals surface area contributed by atoms with Crippen molar-refractivity contribution in [1.82, 2.24) is 9.88 Å². The minimum atomic E-state index is -0.516. The monoisotopic (exact) mass is 324 g/mol. The van der Waals surface area contributed by atoms with Crippen molar-refractivity contribution < 1.29 is 14.3 Å². The number of thiazole rings is 1. The minimum Gasteiger partial charge on any atom is -0.444 e. The lowest BCUT2D eigenvalue weighted by Gasteiger charge is -2.33. The highest BCUT2D eigenvalue weighted by Crippen LogP contribution is 2.24. The molecule has 1 fully saturated rings. The van der Waals surface area contributed by atoms with Gasteiger partial charge in [0.25, 0.3) is 0 Å². The van der Waals surface area contributed by atoms with E-state index in [0.29, 0.717) is 25.9 Å². The second-order valence-corrected chi connectivity index (χ2v) is 8.08. The number of carbonyl (C=O) groups is 2. The lowest BCUT2D eigenvalue weighted by atomic mass is 9.94. The lowest BCUT2D eigenvalue weighted by molar-refractivity contribution is -0.125. The molecule has 0 radical (unpaired) electrons. The fourth-order valence-electron chi connectivity index (χ4n) is 2.42. The first-order valence-electron chi connectivity index (χ1n) is 7.59. The summed E-state index contributed by atoms with van der Waals surface area (Å²) in [6.07, 6.45) is 0.668. The highest BCUT2D eigenvalue weighted by atomic mass is 32.1. The molecule has 1 aromatic rings. The summed E-state index contributed by atoms with van der Waals surface area (Å²) in [5, 5.41) is 0.972. The van der Waals surface area contributed by atoms with Crippen molar-refractivity contribution >= 4 is 23.2 Å². The van der Waals surface area contributed by atoms with Crippen molar-refractivity contribution in [2.24, 2.45) is 5.92 Å². The van der Waals surface area contributed by atoms with Crippen molar-refractivity contribution in [3.05, 3.63) is 15.6 Å². The number of hydrogen-bond donors (Lipinski definition) is 0. The van der Waals surface area contributed by atoms with Crippen molar-refractivity contribution in [2.45, 2.75) is 53.1 Å². The van der Waals surface area contributed by atoms with Gasteiger partial charge < -0.3 is 9.64 Å². The summed E-state index contributed by atoms with van der Waals surface area (Å²) in [5.41, 5.74) is 0.504. The van der Waals surface area contributed by atoms with Gasteiger partial charge in [0.15, 0.2) is 0 Å². The molecule has 1 unspecified atom stereocenters. The summed E-state index contributed by atoms with van der Waals surface area (Å²) in [4.78, 5) is 31.6. The van der Waals surface area contributed by atoms with Gasteiger partial charge in [-0.3, -0.25) is 4.79 Å². The molecule has 0 saturated carbocycles. The number of hydrogen-bond acceptors (Lipinski definition) is 5. The van der Waals surface area contributed by atoms with Gasteiger partial charge in [-0.15, -0.1) is 11.3 Å². The Hall–Kier alpha value is -1.43. The van der Waals surface area contributed by atoms with Crippen LogP contribution >= 0.6 is 11.3 Å². The molecule has 6 heteroatoms. The summed E-state index contributed by atoms with van der Waals surface area (Å²) in [6, 6.07) is 0. The zero-order chi connectivity index (χ0) is 16.5. The van der Waals surface area contributed by atoms with Crippen LogP contribution < -0.4 is 0 Å². The number of ether oxygens (including phenoxy) is 1. The standard InChI is InChI=1S/C16H24N2O3S/c1-10-11(2)22-14(17-10)8-12-9-18(7-6-13(12)19)15(20)21-16(3,4)5/h12H,6-9H2,1-5H3. The van der Waals surface area contributed by atoms with E-state index >= 15 is 0 Å². The normalized spacial score (nSPS) is 19.4. The number of aryl methyl sites for hydroxylation is 2. The van der Waals surface area contributed by atoms with Crippen molar-refractivity contribution in [2.75, 3.05) is 13.1 Å². The van der Waals surface area contributed by atoms with E-state index in [2.05, 4.69) is 4.98 Å². The summed E-state index contributed by atoms with van der Waals surface area (Å²) >= 11 is 1.63. The molecule has 2 rings (SSSR count). The average molecular weight is 324 g/mol. The van der Waals surface area contributed by atoms with Crippen LogP contribution in [0.2, 0.25) is 0 Å². The Balaban J connectivity index is 2.02. The first-order valence-corrected chi connectivity index (χ1v) is 8.41. The van der Waals surface area contributed by atoms with Crippen LogP contribution in [0.3, 0.4) is 0 Å². The van der Waals surface area contributed by atoms with Gasteiger partial charge in [0.05, 0.1) is 10.7 Å². The second kappa shape index (κ2) is 6.36. The maximum Gasteiger partial charge on any atom is 0.410 e. The SMILES string of the molecule is Cc1nc(CC2CN(C(=O)OC(C)(C)C)CCC2=O)sc1C. The second-order valence-electron chi connectivity index (χ2n) is 6.79. The molecule has 1 aromatic heterocycles. The van der Waals surface area contributed by atoms with E-state index in [1.807, 2.05) is 34.6 Å². The number of carbonyl (C=O) groups excluding carboxylic acids is 2. The average Bonchev–Trinajstić information content (AvgIpc) is 2.69. The van der Waals surface area contributed by atoms with Gasteiger partial charge in [-0.25, -0.2) is 9.78 Å². The summed E-state index contributed by atoms with van der Waals surface area (Å²) in [5.74, 6) is 0.0385. The Bertz CT molecular complexity index is 555. The Labute approximate surface area is 135 Å².